The van der Waals surface area contributed by atoms with Gasteiger partial charge in [0.25, 0.3) is 0 Å². The van der Waals surface area contributed by atoms with E-state index in [1.54, 1.807) is 0 Å². The summed E-state index contributed by atoms with van der Waals surface area (Å²) >= 11 is 6.10. The Hall–Kier alpha value is -2.40. The van der Waals surface area contributed by atoms with Crippen LogP contribution in [0, 0.1) is 0 Å². The maximum absolute atomic E-state index is 11.9. The highest BCUT2D eigenvalue weighted by Gasteiger charge is 2.19. The Bertz CT molecular complexity index is 779. The van der Waals surface area contributed by atoms with Crippen LogP contribution in [0.1, 0.15) is 20.8 Å². The number of hydrogen-bond donors (Lipinski definition) is 1. The minimum atomic E-state index is -0.507. The van der Waals surface area contributed by atoms with Gasteiger partial charge in [-0.25, -0.2) is 4.79 Å². The summed E-state index contributed by atoms with van der Waals surface area (Å²) < 4.78 is 5.28. The van der Waals surface area contributed by atoms with Gasteiger partial charge < -0.3 is 14.5 Å². The van der Waals surface area contributed by atoms with Gasteiger partial charge in [-0.2, -0.15) is 0 Å². The quantitative estimate of drug-likeness (QED) is 0.803. The van der Waals surface area contributed by atoms with Gasteiger partial charge in [0.1, 0.15) is 5.60 Å². The van der Waals surface area contributed by atoms with Crippen molar-refractivity contribution >= 4 is 34.8 Å². The van der Waals surface area contributed by atoms with Gasteiger partial charge in [0.15, 0.2) is 0 Å². The Labute approximate surface area is 165 Å². The first-order chi connectivity index (χ1) is 12.8. The number of anilines is 3. The van der Waals surface area contributed by atoms with E-state index in [1.165, 1.54) is 5.69 Å². The highest BCUT2D eigenvalue weighted by atomic mass is 35.5. The molecule has 144 valence electrons. The van der Waals surface area contributed by atoms with Crippen LogP contribution >= 0.6 is 11.6 Å². The molecule has 1 saturated heterocycles. The van der Waals surface area contributed by atoms with Crippen molar-refractivity contribution in [3.05, 3.63) is 53.6 Å². The summed E-state index contributed by atoms with van der Waals surface area (Å²) in [6, 6.07) is 15.9. The third kappa shape index (κ3) is 5.54. The molecule has 1 aliphatic heterocycles. The summed E-state index contributed by atoms with van der Waals surface area (Å²) in [6.07, 6.45) is -0.439. The van der Waals surface area contributed by atoms with E-state index in [2.05, 4.69) is 21.2 Å². The molecule has 0 unspecified atom stereocenters. The van der Waals surface area contributed by atoms with Crippen molar-refractivity contribution < 1.29 is 9.53 Å². The van der Waals surface area contributed by atoms with Crippen LogP contribution < -0.4 is 15.1 Å². The maximum Gasteiger partial charge on any atom is 0.412 e. The van der Waals surface area contributed by atoms with Crippen LogP contribution in [0.5, 0.6) is 0 Å². The zero-order valence-corrected chi connectivity index (χ0v) is 16.8. The van der Waals surface area contributed by atoms with E-state index in [0.717, 1.165) is 42.6 Å². The van der Waals surface area contributed by atoms with E-state index in [4.69, 9.17) is 16.3 Å². The van der Waals surface area contributed by atoms with Crippen molar-refractivity contribution in [2.75, 3.05) is 41.3 Å². The molecule has 0 aliphatic carbocycles. The average Bonchev–Trinajstić information content (AvgIpc) is 2.61. The normalized spacial score (nSPS) is 14.8. The SMILES string of the molecule is CC(C)(C)OC(=O)Nc1ccc(N2CCN(c3cccc(Cl)c3)CC2)cc1. The lowest BCUT2D eigenvalue weighted by Gasteiger charge is -2.37. The standard InChI is InChI=1S/C21H26ClN3O2/c1-21(2,3)27-20(26)23-17-7-9-18(10-8-17)24-11-13-25(14-12-24)19-6-4-5-16(22)15-19/h4-10,15H,11-14H2,1-3H3,(H,23,26). The second kappa shape index (κ2) is 8.09. The second-order valence-corrected chi connectivity index (χ2v) is 8.06. The summed E-state index contributed by atoms with van der Waals surface area (Å²) in [7, 11) is 0. The van der Waals surface area contributed by atoms with E-state index >= 15 is 0 Å². The number of carbonyl (C=O) groups excluding carboxylic acids is 1. The van der Waals surface area contributed by atoms with E-state index in [9.17, 15) is 4.79 Å². The summed E-state index contributed by atoms with van der Waals surface area (Å²) in [4.78, 5) is 16.5. The summed E-state index contributed by atoms with van der Waals surface area (Å²) in [5.41, 5.74) is 2.53. The minimum absolute atomic E-state index is 0.439. The van der Waals surface area contributed by atoms with Crippen LogP contribution in [0.4, 0.5) is 21.9 Å². The monoisotopic (exact) mass is 387 g/mol. The van der Waals surface area contributed by atoms with Gasteiger partial charge >= 0.3 is 6.09 Å². The minimum Gasteiger partial charge on any atom is -0.444 e. The number of benzene rings is 2. The number of rotatable bonds is 3. The summed E-state index contributed by atoms with van der Waals surface area (Å²) in [6.45, 7) is 9.29. The van der Waals surface area contributed by atoms with Crippen LogP contribution in [-0.4, -0.2) is 37.9 Å². The van der Waals surface area contributed by atoms with E-state index in [0.29, 0.717) is 0 Å². The number of nitrogens with zero attached hydrogens (tertiary/aromatic N) is 2. The molecule has 27 heavy (non-hydrogen) atoms. The van der Waals surface area contributed by atoms with Crippen molar-refractivity contribution in [1.29, 1.82) is 0 Å². The first-order valence-corrected chi connectivity index (χ1v) is 9.53. The van der Waals surface area contributed by atoms with Gasteiger partial charge in [-0.05, 0) is 63.2 Å². The zero-order valence-electron chi connectivity index (χ0n) is 16.0. The molecule has 2 aromatic rings. The van der Waals surface area contributed by atoms with E-state index in [1.807, 2.05) is 63.2 Å². The zero-order chi connectivity index (χ0) is 19.4. The Morgan fingerprint density at radius 3 is 2.11 bits per heavy atom. The van der Waals surface area contributed by atoms with Crippen LogP contribution in [0.15, 0.2) is 48.5 Å². The molecule has 1 N–H and O–H groups in total. The molecule has 6 heteroatoms. The molecule has 2 aromatic carbocycles. The molecular weight excluding hydrogens is 362 g/mol. The summed E-state index contributed by atoms with van der Waals surface area (Å²) in [5.74, 6) is 0. The average molecular weight is 388 g/mol. The van der Waals surface area contributed by atoms with Crippen molar-refractivity contribution in [3.63, 3.8) is 0 Å². The second-order valence-electron chi connectivity index (χ2n) is 7.63. The topological polar surface area (TPSA) is 44.8 Å². The largest absolute Gasteiger partial charge is 0.444 e. The Balaban J connectivity index is 1.55. The Morgan fingerprint density at radius 1 is 0.963 bits per heavy atom. The molecule has 5 nitrogen and oxygen atoms in total. The van der Waals surface area contributed by atoms with Crippen molar-refractivity contribution in [3.8, 4) is 0 Å². The van der Waals surface area contributed by atoms with Crippen LogP contribution in [0.3, 0.4) is 0 Å². The Kier molecular flexibility index (Phi) is 5.80. The molecule has 3 rings (SSSR count). The lowest BCUT2D eigenvalue weighted by molar-refractivity contribution is 0.0636. The molecule has 0 bridgehead atoms. The fourth-order valence-corrected chi connectivity index (χ4v) is 3.26. The van der Waals surface area contributed by atoms with Crippen molar-refractivity contribution in [1.82, 2.24) is 0 Å². The highest BCUT2D eigenvalue weighted by Crippen LogP contribution is 2.24. The third-order valence-electron chi connectivity index (χ3n) is 4.33. The lowest BCUT2D eigenvalue weighted by Crippen LogP contribution is -2.46. The predicted octanol–water partition coefficient (Wildman–Crippen LogP) is 5.01. The number of amides is 1. The first kappa shape index (κ1) is 19.4. The van der Waals surface area contributed by atoms with Gasteiger partial charge in [-0.1, -0.05) is 17.7 Å². The predicted molar refractivity (Wildman–Crippen MR) is 112 cm³/mol. The fraction of sp³-hybridized carbons (Fsp3) is 0.381. The van der Waals surface area contributed by atoms with Gasteiger partial charge in [-0.15, -0.1) is 0 Å². The van der Waals surface area contributed by atoms with Crippen molar-refractivity contribution in [2.45, 2.75) is 26.4 Å². The van der Waals surface area contributed by atoms with Gasteiger partial charge in [-0.3, -0.25) is 5.32 Å². The van der Waals surface area contributed by atoms with Crippen LogP contribution in [0.25, 0.3) is 0 Å². The lowest BCUT2D eigenvalue weighted by atomic mass is 10.2. The summed E-state index contributed by atoms with van der Waals surface area (Å²) in [5, 5.41) is 3.53. The smallest absolute Gasteiger partial charge is 0.412 e. The Morgan fingerprint density at radius 2 is 1.56 bits per heavy atom. The number of hydrogen-bond acceptors (Lipinski definition) is 4. The molecule has 0 spiro atoms. The molecule has 0 atom stereocenters. The fourth-order valence-electron chi connectivity index (χ4n) is 3.07. The highest BCUT2D eigenvalue weighted by molar-refractivity contribution is 6.30. The first-order valence-electron chi connectivity index (χ1n) is 9.16. The molecule has 0 aromatic heterocycles. The van der Waals surface area contributed by atoms with Crippen LogP contribution in [0.2, 0.25) is 5.02 Å². The van der Waals surface area contributed by atoms with E-state index < -0.39 is 11.7 Å². The molecule has 1 fully saturated rings. The van der Waals surface area contributed by atoms with Gasteiger partial charge in [0.05, 0.1) is 0 Å². The molecule has 1 amide bonds. The van der Waals surface area contributed by atoms with Crippen LogP contribution in [-0.2, 0) is 4.74 Å². The molecule has 0 saturated carbocycles. The number of ether oxygens (including phenoxy) is 1. The maximum atomic E-state index is 11.9. The number of piperazine rings is 1. The van der Waals surface area contributed by atoms with Crippen molar-refractivity contribution in [2.24, 2.45) is 0 Å². The van der Waals surface area contributed by atoms with Gasteiger partial charge in [0, 0.05) is 48.3 Å². The third-order valence-corrected chi connectivity index (χ3v) is 4.57. The van der Waals surface area contributed by atoms with Gasteiger partial charge in [0.2, 0.25) is 0 Å². The molecular formula is C21H26ClN3O2. The molecule has 1 heterocycles. The molecule has 1 aliphatic rings. The number of carbonyl (C=O) groups is 1. The van der Waals surface area contributed by atoms with E-state index in [-0.39, 0.29) is 0 Å². The number of nitrogens with one attached hydrogen (secondary N) is 1. The number of halogens is 1. The molecule has 0 radical (unpaired) electrons.